The summed E-state index contributed by atoms with van der Waals surface area (Å²) in [4.78, 5) is 34.6. The zero-order valence-corrected chi connectivity index (χ0v) is 12.3. The Bertz CT molecular complexity index is 962. The second-order valence-corrected chi connectivity index (χ2v) is 5.57. The van der Waals surface area contributed by atoms with Gasteiger partial charge in [0.15, 0.2) is 0 Å². The zero-order valence-electron chi connectivity index (χ0n) is 11.5. The second-order valence-electron chi connectivity index (χ2n) is 4.51. The lowest BCUT2D eigenvalue weighted by atomic mass is 10.2. The number of carboxylic acids is 1. The molecule has 2 aromatic heterocycles. The van der Waals surface area contributed by atoms with Gasteiger partial charge in [-0.1, -0.05) is 29.5 Å². The molecule has 116 valence electrons. The topological polar surface area (TPSA) is 122 Å². The summed E-state index contributed by atoms with van der Waals surface area (Å²) in [6.07, 6.45) is -0.286. The van der Waals surface area contributed by atoms with Gasteiger partial charge in [-0.25, -0.2) is 4.79 Å². The maximum Gasteiger partial charge on any atom is 0.349 e. The van der Waals surface area contributed by atoms with E-state index < -0.39 is 17.5 Å². The first-order valence-corrected chi connectivity index (χ1v) is 7.23. The van der Waals surface area contributed by atoms with Crippen LogP contribution < -0.4 is 10.9 Å². The number of amides is 1. The standard InChI is InChI=1S/C14H9N3O5S/c18-11(19)6-10-16-17-14(23-10)15-12(20)8-5-7-3-1-2-4-9(7)22-13(8)21/h1-5H,6H2,(H,18,19)(H,15,17,20). The Morgan fingerprint density at radius 2 is 2.04 bits per heavy atom. The van der Waals surface area contributed by atoms with E-state index in [-0.39, 0.29) is 22.1 Å². The van der Waals surface area contributed by atoms with Crippen molar-refractivity contribution in [2.24, 2.45) is 0 Å². The van der Waals surface area contributed by atoms with Crippen LogP contribution in [0.15, 0.2) is 39.5 Å². The normalized spacial score (nSPS) is 10.6. The maximum absolute atomic E-state index is 12.2. The summed E-state index contributed by atoms with van der Waals surface area (Å²) in [5, 5.41) is 19.4. The van der Waals surface area contributed by atoms with Crippen molar-refractivity contribution in [3.63, 3.8) is 0 Å². The van der Waals surface area contributed by atoms with Crippen molar-refractivity contribution in [3.8, 4) is 0 Å². The SMILES string of the molecule is O=C(O)Cc1nnc(NC(=O)c2cc3ccccc3oc2=O)s1. The Balaban J connectivity index is 1.85. The van der Waals surface area contributed by atoms with E-state index >= 15 is 0 Å². The maximum atomic E-state index is 12.2. The first-order valence-electron chi connectivity index (χ1n) is 6.41. The smallest absolute Gasteiger partial charge is 0.349 e. The molecule has 0 unspecified atom stereocenters. The van der Waals surface area contributed by atoms with Crippen molar-refractivity contribution in [1.82, 2.24) is 10.2 Å². The van der Waals surface area contributed by atoms with E-state index in [0.29, 0.717) is 11.0 Å². The van der Waals surface area contributed by atoms with Gasteiger partial charge in [0.2, 0.25) is 5.13 Å². The summed E-state index contributed by atoms with van der Waals surface area (Å²) in [7, 11) is 0. The van der Waals surface area contributed by atoms with E-state index in [1.54, 1.807) is 24.3 Å². The van der Waals surface area contributed by atoms with Crippen LogP contribution in [0, 0.1) is 0 Å². The molecule has 3 aromatic rings. The largest absolute Gasteiger partial charge is 0.481 e. The minimum atomic E-state index is -1.05. The molecule has 0 aliphatic heterocycles. The summed E-state index contributed by atoms with van der Waals surface area (Å²) in [6, 6.07) is 8.24. The lowest BCUT2D eigenvalue weighted by Crippen LogP contribution is -2.20. The highest BCUT2D eigenvalue weighted by atomic mass is 32.1. The van der Waals surface area contributed by atoms with Crippen LogP contribution in [-0.2, 0) is 11.2 Å². The number of hydrogen-bond acceptors (Lipinski definition) is 7. The molecule has 0 saturated carbocycles. The third kappa shape index (κ3) is 3.24. The van der Waals surface area contributed by atoms with Gasteiger partial charge in [0.1, 0.15) is 16.2 Å². The lowest BCUT2D eigenvalue weighted by molar-refractivity contribution is -0.136. The Kier molecular flexibility index (Phi) is 3.85. The van der Waals surface area contributed by atoms with E-state index in [2.05, 4.69) is 15.5 Å². The fourth-order valence-corrected chi connectivity index (χ4v) is 2.62. The highest BCUT2D eigenvalue weighted by Gasteiger charge is 2.16. The van der Waals surface area contributed by atoms with E-state index in [9.17, 15) is 14.4 Å². The van der Waals surface area contributed by atoms with E-state index in [1.165, 1.54) is 6.07 Å². The van der Waals surface area contributed by atoms with Gasteiger partial charge < -0.3 is 9.52 Å². The molecule has 1 aromatic carbocycles. The van der Waals surface area contributed by atoms with Crippen LogP contribution in [-0.4, -0.2) is 27.2 Å². The summed E-state index contributed by atoms with van der Waals surface area (Å²) >= 11 is 0.926. The molecule has 9 heteroatoms. The van der Waals surface area contributed by atoms with Gasteiger partial charge >= 0.3 is 11.6 Å². The average Bonchev–Trinajstić information content (AvgIpc) is 2.92. The first kappa shape index (κ1) is 14.9. The van der Waals surface area contributed by atoms with Crippen LogP contribution >= 0.6 is 11.3 Å². The number of carbonyl (C=O) groups excluding carboxylic acids is 1. The van der Waals surface area contributed by atoms with Crippen LogP contribution in [0.5, 0.6) is 0 Å². The quantitative estimate of drug-likeness (QED) is 0.695. The summed E-state index contributed by atoms with van der Waals surface area (Å²) < 4.78 is 5.08. The lowest BCUT2D eigenvalue weighted by Gasteiger charge is -2.01. The van der Waals surface area contributed by atoms with Crippen molar-refractivity contribution in [3.05, 3.63) is 51.3 Å². The predicted octanol–water partition coefficient (Wildman–Crippen LogP) is 1.52. The number of fused-ring (bicyclic) bond motifs is 1. The van der Waals surface area contributed by atoms with Crippen molar-refractivity contribution >= 4 is 39.3 Å². The fraction of sp³-hybridized carbons (Fsp3) is 0.0714. The Morgan fingerprint density at radius 3 is 2.83 bits per heavy atom. The van der Waals surface area contributed by atoms with Gasteiger partial charge in [0.05, 0.1) is 6.42 Å². The van der Waals surface area contributed by atoms with Crippen molar-refractivity contribution < 1.29 is 19.1 Å². The summed E-state index contributed by atoms with van der Waals surface area (Å²) in [5.41, 5.74) is -0.552. The number of carbonyl (C=O) groups is 2. The summed E-state index contributed by atoms with van der Waals surface area (Å²) in [5.74, 6) is -1.74. The Hall–Kier alpha value is -3.07. The number of anilines is 1. The molecule has 0 fully saturated rings. The number of nitrogens with zero attached hydrogens (tertiary/aromatic N) is 2. The van der Waals surface area contributed by atoms with Gasteiger partial charge in [0.25, 0.3) is 5.91 Å². The molecule has 3 rings (SSSR count). The highest BCUT2D eigenvalue weighted by Crippen LogP contribution is 2.17. The molecule has 1 amide bonds. The van der Waals surface area contributed by atoms with E-state index in [4.69, 9.17) is 9.52 Å². The third-order valence-electron chi connectivity index (χ3n) is 2.88. The van der Waals surface area contributed by atoms with Gasteiger partial charge in [0, 0.05) is 5.39 Å². The first-order chi connectivity index (χ1) is 11.0. The minimum absolute atomic E-state index is 0.110. The van der Waals surface area contributed by atoms with E-state index in [0.717, 1.165) is 11.3 Å². The number of nitrogens with one attached hydrogen (secondary N) is 1. The number of rotatable bonds is 4. The van der Waals surface area contributed by atoms with Crippen molar-refractivity contribution in [1.29, 1.82) is 0 Å². The van der Waals surface area contributed by atoms with Crippen LogP contribution in [0.1, 0.15) is 15.4 Å². The summed E-state index contributed by atoms with van der Waals surface area (Å²) in [6.45, 7) is 0. The third-order valence-corrected chi connectivity index (χ3v) is 3.71. The van der Waals surface area contributed by atoms with Crippen LogP contribution in [0.4, 0.5) is 5.13 Å². The van der Waals surface area contributed by atoms with Gasteiger partial charge in [-0.15, -0.1) is 10.2 Å². The zero-order chi connectivity index (χ0) is 16.4. The van der Waals surface area contributed by atoms with Crippen LogP contribution in [0.25, 0.3) is 11.0 Å². The number of aromatic nitrogens is 2. The number of aliphatic carboxylic acids is 1. The molecule has 0 atom stereocenters. The van der Waals surface area contributed by atoms with Crippen molar-refractivity contribution in [2.45, 2.75) is 6.42 Å². The van der Waals surface area contributed by atoms with Crippen LogP contribution in [0.3, 0.4) is 0 Å². The van der Waals surface area contributed by atoms with Gasteiger partial charge in [-0.3, -0.25) is 14.9 Å². The fourth-order valence-electron chi connectivity index (χ4n) is 1.89. The number of hydrogen-bond donors (Lipinski definition) is 2. The molecule has 0 radical (unpaired) electrons. The second kappa shape index (κ2) is 5.97. The molecule has 2 heterocycles. The molecule has 0 saturated heterocycles. The molecule has 23 heavy (non-hydrogen) atoms. The minimum Gasteiger partial charge on any atom is -0.481 e. The predicted molar refractivity (Wildman–Crippen MR) is 81.7 cm³/mol. The monoisotopic (exact) mass is 331 g/mol. The molecule has 0 aliphatic rings. The molecular formula is C14H9N3O5S. The van der Waals surface area contributed by atoms with E-state index in [1.807, 2.05) is 0 Å². The highest BCUT2D eigenvalue weighted by molar-refractivity contribution is 7.15. The molecule has 0 bridgehead atoms. The number of carboxylic acid groups (broad SMARTS) is 1. The molecule has 0 aliphatic carbocycles. The number of para-hydroxylation sites is 1. The number of benzene rings is 1. The molecule has 2 N–H and O–H groups in total. The molecule has 8 nitrogen and oxygen atoms in total. The van der Waals surface area contributed by atoms with Gasteiger partial charge in [-0.2, -0.15) is 0 Å². The molecule has 0 spiro atoms. The average molecular weight is 331 g/mol. The van der Waals surface area contributed by atoms with Gasteiger partial charge in [-0.05, 0) is 12.1 Å². The Morgan fingerprint density at radius 1 is 1.26 bits per heavy atom. The Labute approximate surface area is 132 Å². The van der Waals surface area contributed by atoms with Crippen molar-refractivity contribution in [2.75, 3.05) is 5.32 Å². The van der Waals surface area contributed by atoms with Crippen LogP contribution in [0.2, 0.25) is 0 Å². The molecular weight excluding hydrogens is 322 g/mol.